The van der Waals surface area contributed by atoms with Crippen molar-refractivity contribution in [2.75, 3.05) is 13.7 Å². The van der Waals surface area contributed by atoms with Crippen LogP contribution in [-0.4, -0.2) is 32.0 Å². The highest BCUT2D eigenvalue weighted by molar-refractivity contribution is 5.90. The standard InChI is InChI=1S/C12H14N2O4/c1-3-18-12(16)14-13-8-9-4-6-10(7-5-9)11(15)17-2/h4-8H,3H2,1-2H3,(H,14,16)/b13-8+. The quantitative estimate of drug-likeness (QED) is 0.499. The van der Waals surface area contributed by atoms with Crippen molar-refractivity contribution in [3.63, 3.8) is 0 Å². The molecule has 0 unspecified atom stereocenters. The Kier molecular flexibility index (Phi) is 5.37. The summed E-state index contributed by atoms with van der Waals surface area (Å²) in [5.74, 6) is -0.400. The smallest absolute Gasteiger partial charge is 0.427 e. The molecule has 1 aromatic rings. The number of hydrogen-bond donors (Lipinski definition) is 1. The molecule has 0 saturated carbocycles. The van der Waals surface area contributed by atoms with Crippen molar-refractivity contribution >= 4 is 18.3 Å². The third-order valence-electron chi connectivity index (χ3n) is 1.98. The van der Waals surface area contributed by atoms with Gasteiger partial charge in [-0.1, -0.05) is 12.1 Å². The fourth-order valence-electron chi connectivity index (χ4n) is 1.15. The first kappa shape index (κ1) is 13.7. The van der Waals surface area contributed by atoms with E-state index in [1.54, 1.807) is 31.2 Å². The van der Waals surface area contributed by atoms with Crippen LogP contribution < -0.4 is 5.43 Å². The minimum atomic E-state index is -0.611. The van der Waals surface area contributed by atoms with Gasteiger partial charge in [0.15, 0.2) is 0 Å². The van der Waals surface area contributed by atoms with Gasteiger partial charge in [0.25, 0.3) is 0 Å². The van der Waals surface area contributed by atoms with Crippen LogP contribution in [0.5, 0.6) is 0 Å². The molecule has 0 saturated heterocycles. The topological polar surface area (TPSA) is 77.0 Å². The van der Waals surface area contributed by atoms with Crippen LogP contribution in [0.1, 0.15) is 22.8 Å². The number of nitrogens with one attached hydrogen (secondary N) is 1. The molecule has 0 fully saturated rings. The van der Waals surface area contributed by atoms with E-state index in [-0.39, 0.29) is 6.61 Å². The number of carbonyl (C=O) groups excluding carboxylic acids is 2. The zero-order chi connectivity index (χ0) is 13.4. The van der Waals surface area contributed by atoms with E-state index in [1.807, 2.05) is 0 Å². The minimum absolute atomic E-state index is 0.287. The number of hydrazone groups is 1. The van der Waals surface area contributed by atoms with Crippen molar-refractivity contribution in [3.8, 4) is 0 Å². The fraction of sp³-hybridized carbons (Fsp3) is 0.250. The van der Waals surface area contributed by atoms with Crippen molar-refractivity contribution in [2.24, 2.45) is 5.10 Å². The van der Waals surface area contributed by atoms with E-state index in [1.165, 1.54) is 13.3 Å². The Labute approximate surface area is 105 Å². The van der Waals surface area contributed by atoms with Crippen molar-refractivity contribution in [1.82, 2.24) is 5.43 Å². The van der Waals surface area contributed by atoms with Crippen molar-refractivity contribution in [1.29, 1.82) is 0 Å². The Morgan fingerprint density at radius 2 is 2.00 bits per heavy atom. The Hall–Kier alpha value is -2.37. The van der Waals surface area contributed by atoms with Gasteiger partial charge in [0.05, 0.1) is 25.5 Å². The van der Waals surface area contributed by atoms with Crippen LogP contribution in [0, 0.1) is 0 Å². The molecular formula is C12H14N2O4. The molecule has 0 aliphatic rings. The summed E-state index contributed by atoms with van der Waals surface area (Å²) in [5, 5.41) is 3.69. The van der Waals surface area contributed by atoms with Gasteiger partial charge in [-0.25, -0.2) is 15.0 Å². The maximum absolute atomic E-state index is 11.2. The number of esters is 1. The molecule has 6 heteroatoms. The molecule has 1 rings (SSSR count). The molecule has 1 N–H and O–H groups in total. The molecule has 0 aliphatic carbocycles. The van der Waals surface area contributed by atoms with Gasteiger partial charge in [-0.15, -0.1) is 0 Å². The van der Waals surface area contributed by atoms with E-state index in [4.69, 9.17) is 0 Å². The maximum Gasteiger partial charge on any atom is 0.427 e. The monoisotopic (exact) mass is 250 g/mol. The highest BCUT2D eigenvalue weighted by Gasteiger charge is 2.03. The Bertz CT molecular complexity index is 440. The molecule has 0 bridgehead atoms. The SMILES string of the molecule is CCOC(=O)N/N=C/c1ccc(C(=O)OC)cc1. The molecule has 1 amide bonds. The molecule has 0 spiro atoms. The van der Waals surface area contributed by atoms with Crippen LogP contribution >= 0.6 is 0 Å². The highest BCUT2D eigenvalue weighted by Crippen LogP contribution is 2.03. The normalized spacial score (nSPS) is 10.1. The van der Waals surface area contributed by atoms with E-state index in [0.29, 0.717) is 5.56 Å². The van der Waals surface area contributed by atoms with Gasteiger partial charge < -0.3 is 9.47 Å². The lowest BCUT2D eigenvalue weighted by Crippen LogP contribution is -2.18. The van der Waals surface area contributed by atoms with Crippen LogP contribution in [0.4, 0.5) is 4.79 Å². The average molecular weight is 250 g/mol. The van der Waals surface area contributed by atoms with Crippen LogP contribution in [0.2, 0.25) is 0 Å². The molecule has 0 atom stereocenters. The number of hydrogen-bond acceptors (Lipinski definition) is 5. The second-order valence-electron chi connectivity index (χ2n) is 3.20. The Morgan fingerprint density at radius 3 is 2.56 bits per heavy atom. The second kappa shape index (κ2) is 7.05. The van der Waals surface area contributed by atoms with Gasteiger partial charge >= 0.3 is 12.1 Å². The summed E-state index contributed by atoms with van der Waals surface area (Å²) in [6.07, 6.45) is 0.831. The third-order valence-corrected chi connectivity index (χ3v) is 1.98. The number of benzene rings is 1. The molecule has 96 valence electrons. The van der Waals surface area contributed by atoms with Crippen molar-refractivity contribution in [3.05, 3.63) is 35.4 Å². The highest BCUT2D eigenvalue weighted by atomic mass is 16.5. The van der Waals surface area contributed by atoms with Gasteiger partial charge in [-0.2, -0.15) is 5.10 Å². The number of carbonyl (C=O) groups is 2. The van der Waals surface area contributed by atoms with Gasteiger partial charge in [-0.3, -0.25) is 0 Å². The summed E-state index contributed by atoms with van der Waals surface area (Å²) in [5.41, 5.74) is 3.38. The van der Waals surface area contributed by atoms with Crippen LogP contribution in [-0.2, 0) is 9.47 Å². The zero-order valence-electron chi connectivity index (χ0n) is 10.2. The maximum atomic E-state index is 11.2. The molecule has 0 radical (unpaired) electrons. The Morgan fingerprint density at radius 1 is 1.33 bits per heavy atom. The van der Waals surface area contributed by atoms with Gasteiger partial charge in [0.2, 0.25) is 0 Å². The lowest BCUT2D eigenvalue weighted by atomic mass is 10.1. The third kappa shape index (κ3) is 4.25. The summed E-state index contributed by atoms with van der Waals surface area (Å²) in [6, 6.07) is 6.58. The summed E-state index contributed by atoms with van der Waals surface area (Å²) >= 11 is 0. The first-order valence-corrected chi connectivity index (χ1v) is 5.31. The van der Waals surface area contributed by atoms with Crippen LogP contribution in [0.15, 0.2) is 29.4 Å². The zero-order valence-corrected chi connectivity index (χ0v) is 10.2. The summed E-state index contributed by atoms with van der Waals surface area (Å²) in [6.45, 7) is 1.99. The number of methoxy groups -OCH3 is 1. The molecule has 0 aliphatic heterocycles. The van der Waals surface area contributed by atoms with Crippen molar-refractivity contribution < 1.29 is 19.1 Å². The molecule has 18 heavy (non-hydrogen) atoms. The Balaban J connectivity index is 2.56. The van der Waals surface area contributed by atoms with Crippen molar-refractivity contribution in [2.45, 2.75) is 6.92 Å². The van der Waals surface area contributed by atoms with Crippen LogP contribution in [0.3, 0.4) is 0 Å². The van der Waals surface area contributed by atoms with E-state index < -0.39 is 12.1 Å². The average Bonchev–Trinajstić information content (AvgIpc) is 2.39. The number of ether oxygens (including phenoxy) is 2. The van der Waals surface area contributed by atoms with Gasteiger partial charge in [0, 0.05) is 0 Å². The summed E-state index contributed by atoms with van der Waals surface area (Å²) < 4.78 is 9.19. The van der Waals surface area contributed by atoms with E-state index >= 15 is 0 Å². The predicted octanol–water partition coefficient (Wildman–Crippen LogP) is 1.55. The first-order chi connectivity index (χ1) is 8.67. The molecule has 0 heterocycles. The van der Waals surface area contributed by atoms with E-state index in [0.717, 1.165) is 5.56 Å². The van der Waals surface area contributed by atoms with Gasteiger partial charge in [-0.05, 0) is 24.6 Å². The lowest BCUT2D eigenvalue weighted by Gasteiger charge is -2.00. The number of rotatable bonds is 4. The van der Waals surface area contributed by atoms with E-state index in [2.05, 4.69) is 20.0 Å². The molecule has 6 nitrogen and oxygen atoms in total. The molecular weight excluding hydrogens is 236 g/mol. The van der Waals surface area contributed by atoms with E-state index in [9.17, 15) is 9.59 Å². The summed E-state index contributed by atoms with van der Waals surface area (Å²) in [4.78, 5) is 22.1. The largest absolute Gasteiger partial charge is 0.465 e. The predicted molar refractivity (Wildman–Crippen MR) is 65.5 cm³/mol. The van der Waals surface area contributed by atoms with Gasteiger partial charge in [0.1, 0.15) is 0 Å². The first-order valence-electron chi connectivity index (χ1n) is 5.31. The van der Waals surface area contributed by atoms with Crippen LogP contribution in [0.25, 0.3) is 0 Å². The molecule has 0 aromatic heterocycles. The lowest BCUT2D eigenvalue weighted by molar-refractivity contribution is 0.0600. The summed E-state index contributed by atoms with van der Waals surface area (Å²) in [7, 11) is 1.32. The fourth-order valence-corrected chi connectivity index (χ4v) is 1.15. The number of amides is 1. The minimum Gasteiger partial charge on any atom is -0.465 e. The molecule has 1 aromatic carbocycles. The number of nitrogens with zero attached hydrogens (tertiary/aromatic N) is 1. The second-order valence-corrected chi connectivity index (χ2v) is 3.20.